The molecule has 1 N–H and O–H groups in total. The number of carboxylic acids is 1. The van der Waals surface area contributed by atoms with E-state index in [9.17, 15) is 9.59 Å². The lowest BCUT2D eigenvalue weighted by Crippen LogP contribution is -2.44. The predicted octanol–water partition coefficient (Wildman–Crippen LogP) is 0.480. The van der Waals surface area contributed by atoms with Crippen LogP contribution in [0.4, 0.5) is 0 Å². The second-order valence-corrected chi connectivity index (χ2v) is 4.04. The first-order valence-electron chi connectivity index (χ1n) is 4.11. The first-order chi connectivity index (χ1) is 6.56. The van der Waals surface area contributed by atoms with E-state index in [1.807, 2.05) is 6.07 Å². The van der Waals surface area contributed by atoms with Crippen LogP contribution in [0, 0.1) is 17.2 Å². The molecule has 0 aromatic rings. The molecule has 1 amide bonds. The van der Waals surface area contributed by atoms with E-state index in [-0.39, 0.29) is 18.2 Å². The van der Waals surface area contributed by atoms with Gasteiger partial charge in [0.25, 0.3) is 0 Å². The molecule has 2 atom stereocenters. The molecule has 0 spiro atoms. The summed E-state index contributed by atoms with van der Waals surface area (Å²) >= 11 is 1.12. The zero-order chi connectivity index (χ0) is 10.7. The molecule has 6 heteroatoms. The average molecular weight is 214 g/mol. The molecule has 0 aliphatic carbocycles. The largest absolute Gasteiger partial charge is 0.480 e. The maximum atomic E-state index is 11.1. The zero-order valence-corrected chi connectivity index (χ0v) is 8.45. The Morgan fingerprint density at radius 3 is 2.71 bits per heavy atom. The lowest BCUT2D eigenvalue weighted by Gasteiger charge is -2.32. The first kappa shape index (κ1) is 10.9. The Balaban J connectivity index is 2.76. The third-order valence-corrected chi connectivity index (χ3v) is 3.32. The van der Waals surface area contributed by atoms with Crippen molar-refractivity contribution >= 4 is 23.8 Å². The van der Waals surface area contributed by atoms with Crippen molar-refractivity contribution in [3.8, 4) is 6.07 Å². The molecule has 1 heterocycles. The Morgan fingerprint density at radius 2 is 2.29 bits per heavy atom. The highest BCUT2D eigenvalue weighted by Crippen LogP contribution is 2.29. The van der Waals surface area contributed by atoms with Gasteiger partial charge in [-0.1, -0.05) is 0 Å². The fourth-order valence-corrected chi connectivity index (χ4v) is 2.38. The number of nitriles is 1. The molecule has 0 radical (unpaired) electrons. The van der Waals surface area contributed by atoms with Crippen LogP contribution in [-0.2, 0) is 9.59 Å². The van der Waals surface area contributed by atoms with Gasteiger partial charge in [0.1, 0.15) is 6.04 Å². The highest BCUT2D eigenvalue weighted by molar-refractivity contribution is 7.97. The molecule has 0 aromatic carbocycles. The number of carbonyl (C=O) groups is 2. The fourth-order valence-electron chi connectivity index (χ4n) is 1.29. The summed E-state index contributed by atoms with van der Waals surface area (Å²) in [7, 11) is 0. The molecular formula is C8H10N2O3S. The van der Waals surface area contributed by atoms with E-state index in [1.165, 1.54) is 11.2 Å². The number of hydrogen-bond acceptors (Lipinski definition) is 4. The van der Waals surface area contributed by atoms with Crippen molar-refractivity contribution in [1.82, 2.24) is 4.31 Å². The van der Waals surface area contributed by atoms with Crippen LogP contribution in [0.1, 0.15) is 13.3 Å². The molecule has 0 saturated carbocycles. The Morgan fingerprint density at radius 1 is 1.64 bits per heavy atom. The van der Waals surface area contributed by atoms with Crippen LogP contribution in [0.2, 0.25) is 0 Å². The molecule has 0 aromatic heterocycles. The van der Waals surface area contributed by atoms with Gasteiger partial charge in [0.2, 0.25) is 5.91 Å². The van der Waals surface area contributed by atoms with Gasteiger partial charge in [0.15, 0.2) is 0 Å². The van der Waals surface area contributed by atoms with Crippen molar-refractivity contribution in [1.29, 1.82) is 5.26 Å². The maximum absolute atomic E-state index is 11.1. The van der Waals surface area contributed by atoms with E-state index in [4.69, 9.17) is 10.4 Å². The number of carbonyl (C=O) groups excluding carboxylic acids is 1. The molecule has 5 nitrogen and oxygen atoms in total. The van der Waals surface area contributed by atoms with Crippen molar-refractivity contribution < 1.29 is 14.7 Å². The number of carboxylic acid groups (broad SMARTS) is 1. The van der Waals surface area contributed by atoms with Gasteiger partial charge in [0, 0.05) is 12.7 Å². The van der Waals surface area contributed by atoms with Gasteiger partial charge in [0.05, 0.1) is 12.0 Å². The number of rotatable bonds is 1. The van der Waals surface area contributed by atoms with E-state index >= 15 is 0 Å². The molecule has 14 heavy (non-hydrogen) atoms. The Hall–Kier alpha value is -1.22. The lowest BCUT2D eigenvalue weighted by atomic mass is 10.0. The highest BCUT2D eigenvalue weighted by Gasteiger charge is 2.35. The number of nitrogens with zero attached hydrogens (tertiary/aromatic N) is 2. The predicted molar refractivity (Wildman–Crippen MR) is 50.1 cm³/mol. The Labute approximate surface area is 85.8 Å². The summed E-state index contributed by atoms with van der Waals surface area (Å²) in [6.07, 6.45) is 0.221. The molecule has 2 unspecified atom stereocenters. The van der Waals surface area contributed by atoms with E-state index in [0.29, 0.717) is 5.75 Å². The van der Waals surface area contributed by atoms with Crippen molar-refractivity contribution in [2.75, 3.05) is 5.75 Å². The third-order valence-electron chi connectivity index (χ3n) is 1.98. The second kappa shape index (κ2) is 4.33. The Bertz CT molecular complexity index is 299. The van der Waals surface area contributed by atoms with Crippen molar-refractivity contribution in [2.45, 2.75) is 19.4 Å². The second-order valence-electron chi connectivity index (χ2n) is 3.06. The number of hydrogen-bond donors (Lipinski definition) is 1. The Kier molecular flexibility index (Phi) is 3.36. The molecule has 1 aliphatic heterocycles. The molecular weight excluding hydrogens is 204 g/mol. The molecule has 1 aliphatic rings. The van der Waals surface area contributed by atoms with Crippen LogP contribution >= 0.6 is 11.9 Å². The zero-order valence-electron chi connectivity index (χ0n) is 7.64. The van der Waals surface area contributed by atoms with Crippen molar-refractivity contribution in [3.63, 3.8) is 0 Å². The highest BCUT2D eigenvalue weighted by atomic mass is 32.2. The van der Waals surface area contributed by atoms with Crippen LogP contribution in [0.5, 0.6) is 0 Å². The topological polar surface area (TPSA) is 81.4 Å². The van der Waals surface area contributed by atoms with E-state index in [0.717, 1.165) is 11.9 Å². The average Bonchev–Trinajstić information content (AvgIpc) is 2.16. The SMILES string of the molecule is CC(=O)N1SCC(C#N)CC1C(=O)O. The number of amides is 1. The molecule has 1 rings (SSSR count). The van der Waals surface area contributed by atoms with Crippen LogP contribution in [0.15, 0.2) is 0 Å². The fraction of sp³-hybridized carbons (Fsp3) is 0.625. The van der Waals surface area contributed by atoms with E-state index < -0.39 is 12.0 Å². The summed E-state index contributed by atoms with van der Waals surface area (Å²) in [5, 5.41) is 17.5. The van der Waals surface area contributed by atoms with Crippen molar-refractivity contribution in [2.24, 2.45) is 5.92 Å². The summed E-state index contributed by atoms with van der Waals surface area (Å²) in [4.78, 5) is 21.9. The quantitative estimate of drug-likeness (QED) is 0.642. The molecule has 1 fully saturated rings. The summed E-state index contributed by atoms with van der Waals surface area (Å²) < 4.78 is 1.23. The monoisotopic (exact) mass is 214 g/mol. The van der Waals surface area contributed by atoms with Crippen molar-refractivity contribution in [3.05, 3.63) is 0 Å². The van der Waals surface area contributed by atoms with Gasteiger partial charge < -0.3 is 5.11 Å². The van der Waals surface area contributed by atoms with Gasteiger partial charge >= 0.3 is 5.97 Å². The molecule has 76 valence electrons. The standard InChI is InChI=1S/C8H10N2O3S/c1-5(11)10-7(8(12)13)2-6(3-9)4-14-10/h6-7H,2,4H2,1H3,(H,12,13). The van der Waals surface area contributed by atoms with Crippen LogP contribution < -0.4 is 0 Å². The third kappa shape index (κ3) is 2.17. The smallest absolute Gasteiger partial charge is 0.327 e. The minimum Gasteiger partial charge on any atom is -0.480 e. The van der Waals surface area contributed by atoms with Crippen LogP contribution in [0.3, 0.4) is 0 Å². The lowest BCUT2D eigenvalue weighted by molar-refractivity contribution is -0.145. The van der Waals surface area contributed by atoms with Gasteiger partial charge in [-0.2, -0.15) is 5.26 Å². The minimum absolute atomic E-state index is 0.221. The summed E-state index contributed by atoms with van der Waals surface area (Å²) in [6.45, 7) is 1.33. The number of aliphatic carboxylic acids is 1. The van der Waals surface area contributed by atoms with E-state index in [2.05, 4.69) is 0 Å². The van der Waals surface area contributed by atoms with Crippen LogP contribution in [-0.4, -0.2) is 33.1 Å². The van der Waals surface area contributed by atoms with Gasteiger partial charge in [-0.15, -0.1) is 0 Å². The van der Waals surface area contributed by atoms with E-state index in [1.54, 1.807) is 0 Å². The summed E-state index contributed by atoms with van der Waals surface area (Å²) in [6, 6.07) is 1.16. The summed E-state index contributed by atoms with van der Waals surface area (Å²) in [5.74, 6) is -1.12. The van der Waals surface area contributed by atoms with Gasteiger partial charge in [-0.3, -0.25) is 9.10 Å². The normalized spacial score (nSPS) is 26.7. The maximum Gasteiger partial charge on any atom is 0.327 e. The molecule has 0 bridgehead atoms. The summed E-state index contributed by atoms with van der Waals surface area (Å²) in [5.41, 5.74) is 0. The van der Waals surface area contributed by atoms with Gasteiger partial charge in [-0.05, 0) is 18.4 Å². The molecule has 1 saturated heterocycles. The van der Waals surface area contributed by atoms with Gasteiger partial charge in [-0.25, -0.2) is 4.79 Å². The van der Waals surface area contributed by atoms with Crippen LogP contribution in [0.25, 0.3) is 0 Å². The minimum atomic E-state index is -1.05. The first-order valence-corrected chi connectivity index (χ1v) is 5.05.